The molecule has 1 aliphatic rings. The van der Waals surface area contributed by atoms with E-state index >= 15 is 0 Å². The maximum absolute atomic E-state index is 12.3. The maximum atomic E-state index is 12.3. The van der Waals surface area contributed by atoms with E-state index in [0.717, 1.165) is 22.8 Å². The molecule has 1 amide bonds. The van der Waals surface area contributed by atoms with Crippen LogP contribution in [0.3, 0.4) is 0 Å². The fourth-order valence-corrected chi connectivity index (χ4v) is 4.04. The van der Waals surface area contributed by atoms with Gasteiger partial charge in [0.25, 0.3) is 5.91 Å². The van der Waals surface area contributed by atoms with Crippen LogP contribution in [-0.2, 0) is 0 Å². The monoisotopic (exact) mass is 322 g/mol. The molecule has 1 aliphatic heterocycles. The molecule has 21 heavy (non-hydrogen) atoms. The van der Waals surface area contributed by atoms with Gasteiger partial charge >= 0.3 is 0 Å². The average molecular weight is 323 g/mol. The minimum Gasteiger partial charge on any atom is -0.351 e. The number of nitrogens with zero attached hydrogens (tertiary/aromatic N) is 2. The number of thioether (sulfide) groups is 1. The first-order chi connectivity index (χ1) is 10.3. The Morgan fingerprint density at radius 2 is 2.19 bits per heavy atom. The third-order valence-corrected chi connectivity index (χ3v) is 5.18. The Hall–Kier alpha value is -1.46. The van der Waals surface area contributed by atoms with Crippen LogP contribution in [0.2, 0.25) is 5.02 Å². The molecule has 2 heterocycles. The Bertz CT molecular complexity index is 618. The summed E-state index contributed by atoms with van der Waals surface area (Å²) in [4.78, 5) is 14.1. The van der Waals surface area contributed by atoms with Gasteiger partial charge in [0.15, 0.2) is 0 Å². The van der Waals surface area contributed by atoms with Gasteiger partial charge in [-0.05, 0) is 18.1 Å². The molecule has 1 saturated heterocycles. The second-order valence-corrected chi connectivity index (χ2v) is 6.56. The van der Waals surface area contributed by atoms with Gasteiger partial charge in [-0.25, -0.2) is 0 Å². The first-order valence-electron chi connectivity index (χ1n) is 6.81. The number of benzene rings is 1. The highest BCUT2D eigenvalue weighted by atomic mass is 35.5. The zero-order chi connectivity index (χ0) is 14.7. The third-order valence-electron chi connectivity index (χ3n) is 3.53. The van der Waals surface area contributed by atoms with Gasteiger partial charge in [0.1, 0.15) is 0 Å². The number of hydrogen-bond donors (Lipinski definition) is 0. The number of carbonyl (C=O) groups excluding carboxylic acids is 1. The zero-order valence-corrected chi connectivity index (χ0v) is 12.9. The van der Waals surface area contributed by atoms with Crippen molar-refractivity contribution in [3.05, 3.63) is 52.9 Å². The van der Waals surface area contributed by atoms with Gasteiger partial charge in [-0.2, -0.15) is 11.8 Å². The van der Waals surface area contributed by atoms with E-state index in [0.29, 0.717) is 24.1 Å². The largest absolute Gasteiger partial charge is 0.351 e. The first-order valence-corrected chi connectivity index (χ1v) is 8.24. The Labute approximate surface area is 132 Å². The summed E-state index contributed by atoms with van der Waals surface area (Å²) in [5.41, 5.74) is 1.15. The molecule has 1 aromatic heterocycles. The topological polar surface area (TPSA) is 46.3 Å². The van der Waals surface area contributed by atoms with Crippen molar-refractivity contribution in [2.75, 3.05) is 18.8 Å². The van der Waals surface area contributed by atoms with Crippen LogP contribution in [0.25, 0.3) is 0 Å². The summed E-state index contributed by atoms with van der Waals surface area (Å²) in [6.45, 7) is 1.41. The average Bonchev–Trinajstić information content (AvgIpc) is 2.92. The molecule has 1 atom stereocenters. The molecule has 2 aromatic rings. The third kappa shape index (κ3) is 3.24. The Kier molecular flexibility index (Phi) is 4.51. The number of aromatic nitrogens is 1. The van der Waals surface area contributed by atoms with Crippen molar-refractivity contribution in [2.45, 2.75) is 11.7 Å². The van der Waals surface area contributed by atoms with Crippen molar-refractivity contribution >= 4 is 29.3 Å². The SMILES string of the molecule is O=C(c1ccno1)N1CCS[C@H](c2ccccc2Cl)CC1. The zero-order valence-electron chi connectivity index (χ0n) is 11.4. The van der Waals surface area contributed by atoms with Gasteiger partial charge in [-0.3, -0.25) is 4.79 Å². The lowest BCUT2D eigenvalue weighted by molar-refractivity contribution is 0.0725. The molecule has 0 unspecified atom stereocenters. The van der Waals surface area contributed by atoms with Crippen molar-refractivity contribution in [2.24, 2.45) is 0 Å². The van der Waals surface area contributed by atoms with Crippen LogP contribution in [0.5, 0.6) is 0 Å². The van der Waals surface area contributed by atoms with Crippen molar-refractivity contribution < 1.29 is 9.32 Å². The van der Waals surface area contributed by atoms with Crippen LogP contribution in [0.1, 0.15) is 27.8 Å². The van der Waals surface area contributed by atoms with E-state index < -0.39 is 0 Å². The molecule has 4 nitrogen and oxygen atoms in total. The van der Waals surface area contributed by atoms with Gasteiger partial charge in [-0.15, -0.1) is 0 Å². The molecule has 1 fully saturated rings. The van der Waals surface area contributed by atoms with Crippen LogP contribution in [-0.4, -0.2) is 34.8 Å². The van der Waals surface area contributed by atoms with Gasteiger partial charge in [-0.1, -0.05) is 35.0 Å². The van der Waals surface area contributed by atoms with Crippen LogP contribution in [0.4, 0.5) is 0 Å². The van der Waals surface area contributed by atoms with E-state index in [2.05, 4.69) is 11.2 Å². The van der Waals surface area contributed by atoms with E-state index in [-0.39, 0.29) is 5.91 Å². The van der Waals surface area contributed by atoms with Crippen LogP contribution in [0.15, 0.2) is 41.1 Å². The predicted molar refractivity (Wildman–Crippen MR) is 83.7 cm³/mol. The smallest absolute Gasteiger partial charge is 0.292 e. The van der Waals surface area contributed by atoms with Gasteiger partial charge in [0.05, 0.1) is 6.20 Å². The molecule has 6 heteroatoms. The molecule has 110 valence electrons. The lowest BCUT2D eigenvalue weighted by Gasteiger charge is -2.19. The predicted octanol–water partition coefficient (Wildman–Crippen LogP) is 3.65. The molecule has 3 rings (SSSR count). The minimum absolute atomic E-state index is 0.0899. The van der Waals surface area contributed by atoms with Crippen molar-refractivity contribution in [1.29, 1.82) is 0 Å². The number of halogens is 1. The maximum Gasteiger partial charge on any atom is 0.292 e. The normalized spacial score (nSPS) is 19.3. The highest BCUT2D eigenvalue weighted by Gasteiger charge is 2.25. The van der Waals surface area contributed by atoms with Crippen LogP contribution in [0, 0.1) is 0 Å². The van der Waals surface area contributed by atoms with Gasteiger partial charge in [0.2, 0.25) is 5.76 Å². The van der Waals surface area contributed by atoms with Crippen molar-refractivity contribution in [3.8, 4) is 0 Å². The van der Waals surface area contributed by atoms with Crippen molar-refractivity contribution in [1.82, 2.24) is 10.1 Å². The summed E-state index contributed by atoms with van der Waals surface area (Å²) >= 11 is 8.12. The number of hydrogen-bond acceptors (Lipinski definition) is 4. The highest BCUT2D eigenvalue weighted by molar-refractivity contribution is 7.99. The highest BCUT2D eigenvalue weighted by Crippen LogP contribution is 2.37. The summed E-state index contributed by atoms with van der Waals surface area (Å²) in [7, 11) is 0. The lowest BCUT2D eigenvalue weighted by atomic mass is 10.1. The van der Waals surface area contributed by atoms with Crippen LogP contribution < -0.4 is 0 Å². The van der Waals surface area contributed by atoms with E-state index in [4.69, 9.17) is 16.1 Å². The molecular weight excluding hydrogens is 308 g/mol. The summed E-state index contributed by atoms with van der Waals surface area (Å²) in [5, 5.41) is 4.71. The minimum atomic E-state index is -0.0899. The molecule has 0 aliphatic carbocycles. The molecular formula is C15H15ClN2O2S. The molecule has 0 bridgehead atoms. The summed E-state index contributed by atoms with van der Waals surface area (Å²) in [6, 6.07) is 9.52. The fraction of sp³-hybridized carbons (Fsp3) is 0.333. The Balaban J connectivity index is 1.70. The van der Waals surface area contributed by atoms with E-state index in [1.807, 2.05) is 34.9 Å². The molecule has 0 spiro atoms. The summed E-state index contributed by atoms with van der Waals surface area (Å²) < 4.78 is 4.95. The Morgan fingerprint density at radius 3 is 2.95 bits per heavy atom. The number of rotatable bonds is 2. The van der Waals surface area contributed by atoms with Gasteiger partial charge in [0, 0.05) is 35.2 Å². The molecule has 0 N–H and O–H groups in total. The van der Waals surface area contributed by atoms with Crippen LogP contribution >= 0.6 is 23.4 Å². The standard InChI is InChI=1S/C15H15ClN2O2S/c16-12-4-2-1-3-11(12)14-6-8-18(9-10-21-14)15(19)13-5-7-17-20-13/h1-5,7,14H,6,8-10H2/t14-/m0/s1. The molecule has 0 saturated carbocycles. The Morgan fingerprint density at radius 1 is 1.33 bits per heavy atom. The van der Waals surface area contributed by atoms with E-state index in [1.54, 1.807) is 6.07 Å². The first kappa shape index (κ1) is 14.5. The van der Waals surface area contributed by atoms with E-state index in [9.17, 15) is 4.79 Å². The van der Waals surface area contributed by atoms with E-state index in [1.165, 1.54) is 6.20 Å². The second-order valence-electron chi connectivity index (χ2n) is 4.84. The fourth-order valence-electron chi connectivity index (χ4n) is 2.44. The summed E-state index contributed by atoms with van der Waals surface area (Å²) in [6.07, 6.45) is 2.38. The molecule has 0 radical (unpaired) electrons. The van der Waals surface area contributed by atoms with Gasteiger partial charge < -0.3 is 9.42 Å². The molecule has 1 aromatic carbocycles. The summed E-state index contributed by atoms with van der Waals surface area (Å²) in [5.74, 6) is 1.10. The quantitative estimate of drug-likeness (QED) is 0.846. The number of amides is 1. The van der Waals surface area contributed by atoms with Crippen molar-refractivity contribution in [3.63, 3.8) is 0 Å². The second kappa shape index (κ2) is 6.54. The number of carbonyl (C=O) groups is 1. The lowest BCUT2D eigenvalue weighted by Crippen LogP contribution is -2.32.